The zero-order valence-corrected chi connectivity index (χ0v) is 15.5. The van der Waals surface area contributed by atoms with Crippen LogP contribution in [-0.2, 0) is 16.2 Å². The number of benzene rings is 2. The molecule has 0 bridgehead atoms. The van der Waals surface area contributed by atoms with Gasteiger partial charge in [-0.15, -0.1) is 0 Å². The molecular weight excluding hydrogens is 397 g/mol. The van der Waals surface area contributed by atoms with Crippen molar-refractivity contribution in [2.24, 2.45) is 0 Å². The summed E-state index contributed by atoms with van der Waals surface area (Å²) in [6.45, 7) is 0. The molecule has 2 N–H and O–H groups in total. The number of ether oxygens (including phenoxy) is 1. The van der Waals surface area contributed by atoms with Crippen LogP contribution in [0, 0.1) is 0 Å². The summed E-state index contributed by atoms with van der Waals surface area (Å²) >= 11 is 0. The summed E-state index contributed by atoms with van der Waals surface area (Å²) in [4.78, 5) is 12.3. The molecule has 1 fully saturated rings. The average Bonchev–Trinajstić information content (AvgIpc) is 3.44. The normalized spacial score (nSPS) is 14.6. The Morgan fingerprint density at radius 2 is 1.86 bits per heavy atom. The van der Waals surface area contributed by atoms with E-state index < -0.39 is 27.7 Å². The molecule has 1 aliphatic rings. The van der Waals surface area contributed by atoms with E-state index in [1.807, 2.05) is 0 Å². The van der Waals surface area contributed by atoms with Gasteiger partial charge in [-0.2, -0.15) is 13.2 Å². The molecule has 0 saturated heterocycles. The molecular formula is C18H17F3N2O4S. The zero-order valence-electron chi connectivity index (χ0n) is 14.7. The molecule has 0 unspecified atom stereocenters. The van der Waals surface area contributed by atoms with Crippen LogP contribution < -0.4 is 14.8 Å². The predicted octanol–water partition coefficient (Wildman–Crippen LogP) is 3.41. The Hall–Kier alpha value is -2.59. The fourth-order valence-electron chi connectivity index (χ4n) is 2.47. The van der Waals surface area contributed by atoms with Gasteiger partial charge in [-0.25, -0.2) is 13.1 Å². The van der Waals surface area contributed by atoms with Gasteiger partial charge in [0.2, 0.25) is 10.0 Å². The number of hydrogen-bond donors (Lipinski definition) is 2. The van der Waals surface area contributed by atoms with Crippen LogP contribution in [0.1, 0.15) is 28.8 Å². The lowest BCUT2D eigenvalue weighted by molar-refractivity contribution is -0.137. The van der Waals surface area contributed by atoms with Gasteiger partial charge < -0.3 is 10.1 Å². The lowest BCUT2D eigenvalue weighted by Gasteiger charge is -2.13. The summed E-state index contributed by atoms with van der Waals surface area (Å²) in [5.41, 5.74) is -1.15. The summed E-state index contributed by atoms with van der Waals surface area (Å²) in [5.74, 6) is -0.653. The number of sulfonamides is 1. The van der Waals surface area contributed by atoms with Crippen molar-refractivity contribution in [3.8, 4) is 5.75 Å². The molecule has 0 heterocycles. The smallest absolute Gasteiger partial charge is 0.416 e. The molecule has 1 amide bonds. The number of carbonyl (C=O) groups excluding carboxylic acids is 1. The Morgan fingerprint density at radius 3 is 2.46 bits per heavy atom. The molecule has 1 saturated carbocycles. The topological polar surface area (TPSA) is 84.5 Å². The average molecular weight is 414 g/mol. The van der Waals surface area contributed by atoms with Gasteiger partial charge in [0.25, 0.3) is 5.91 Å². The van der Waals surface area contributed by atoms with Gasteiger partial charge in [-0.05, 0) is 49.2 Å². The number of amides is 1. The summed E-state index contributed by atoms with van der Waals surface area (Å²) in [6, 6.07) is 7.71. The first kappa shape index (κ1) is 20.2. The standard InChI is InChI=1S/C18H17F3N2O4S/c1-27-16-8-7-14(28(25,26)23-13-5-6-13)10-15(16)22-17(24)11-3-2-4-12(9-11)18(19,20)21/h2-4,7-10,13,23H,5-6H2,1H3,(H,22,24). The number of rotatable bonds is 6. The number of anilines is 1. The van der Waals surface area contributed by atoms with Crippen molar-refractivity contribution >= 4 is 21.6 Å². The highest BCUT2D eigenvalue weighted by atomic mass is 32.2. The van der Waals surface area contributed by atoms with E-state index in [9.17, 15) is 26.4 Å². The van der Waals surface area contributed by atoms with Gasteiger partial charge in [0.1, 0.15) is 5.75 Å². The monoisotopic (exact) mass is 414 g/mol. The first-order chi connectivity index (χ1) is 13.1. The van der Waals surface area contributed by atoms with Crippen LogP contribution in [-0.4, -0.2) is 27.5 Å². The predicted molar refractivity (Wildman–Crippen MR) is 95.7 cm³/mol. The molecule has 0 radical (unpaired) electrons. The van der Waals surface area contributed by atoms with Gasteiger partial charge in [-0.3, -0.25) is 4.79 Å². The number of hydrogen-bond acceptors (Lipinski definition) is 4. The molecule has 6 nitrogen and oxygen atoms in total. The Kier molecular flexibility index (Phi) is 5.35. The van der Waals surface area contributed by atoms with Crippen LogP contribution in [0.15, 0.2) is 47.4 Å². The molecule has 10 heteroatoms. The third-order valence-electron chi connectivity index (χ3n) is 4.08. The van der Waals surface area contributed by atoms with Crippen molar-refractivity contribution in [1.82, 2.24) is 4.72 Å². The largest absolute Gasteiger partial charge is 0.495 e. The summed E-state index contributed by atoms with van der Waals surface area (Å²) in [5, 5.41) is 2.41. The number of carbonyl (C=O) groups is 1. The Balaban J connectivity index is 1.88. The lowest BCUT2D eigenvalue weighted by Crippen LogP contribution is -2.26. The van der Waals surface area contributed by atoms with E-state index in [-0.39, 0.29) is 27.9 Å². The molecule has 0 aromatic heterocycles. The molecule has 1 aliphatic carbocycles. The fraction of sp³-hybridized carbons (Fsp3) is 0.278. The Morgan fingerprint density at radius 1 is 1.14 bits per heavy atom. The van der Waals surface area contributed by atoms with Crippen molar-refractivity contribution in [3.63, 3.8) is 0 Å². The minimum Gasteiger partial charge on any atom is -0.495 e. The maximum Gasteiger partial charge on any atom is 0.416 e. The molecule has 150 valence electrons. The Labute approximate surface area is 159 Å². The first-order valence-corrected chi connectivity index (χ1v) is 9.77. The highest BCUT2D eigenvalue weighted by Gasteiger charge is 2.31. The summed E-state index contributed by atoms with van der Waals surface area (Å²) < 4.78 is 70.9. The second-order valence-corrected chi connectivity index (χ2v) is 8.00. The van der Waals surface area contributed by atoms with Crippen LogP contribution in [0.5, 0.6) is 5.75 Å². The minimum absolute atomic E-state index is 0.0311. The molecule has 2 aromatic rings. The van der Waals surface area contributed by atoms with E-state index >= 15 is 0 Å². The molecule has 28 heavy (non-hydrogen) atoms. The summed E-state index contributed by atoms with van der Waals surface area (Å²) in [6.07, 6.45) is -3.07. The third kappa shape index (κ3) is 4.63. The van der Waals surface area contributed by atoms with Crippen molar-refractivity contribution in [1.29, 1.82) is 0 Å². The van der Waals surface area contributed by atoms with Crippen molar-refractivity contribution in [2.75, 3.05) is 12.4 Å². The van der Waals surface area contributed by atoms with E-state index in [1.54, 1.807) is 0 Å². The van der Waals surface area contributed by atoms with Crippen LogP contribution in [0.3, 0.4) is 0 Å². The molecule has 0 atom stereocenters. The van der Waals surface area contributed by atoms with E-state index in [0.29, 0.717) is 0 Å². The molecule has 3 rings (SSSR count). The SMILES string of the molecule is COc1ccc(S(=O)(=O)NC2CC2)cc1NC(=O)c1cccc(C(F)(F)F)c1. The van der Waals surface area contributed by atoms with Gasteiger partial charge in [0.05, 0.1) is 23.3 Å². The van der Waals surface area contributed by atoms with E-state index in [0.717, 1.165) is 31.0 Å². The highest BCUT2D eigenvalue weighted by Crippen LogP contribution is 2.31. The van der Waals surface area contributed by atoms with Gasteiger partial charge in [0, 0.05) is 11.6 Å². The van der Waals surface area contributed by atoms with Crippen molar-refractivity contribution in [3.05, 3.63) is 53.6 Å². The molecule has 0 spiro atoms. The van der Waals surface area contributed by atoms with E-state index in [1.165, 1.54) is 31.4 Å². The first-order valence-electron chi connectivity index (χ1n) is 8.29. The number of alkyl halides is 3. The maximum atomic E-state index is 12.8. The Bertz CT molecular complexity index is 1000. The van der Waals surface area contributed by atoms with E-state index in [2.05, 4.69) is 10.0 Å². The number of nitrogens with one attached hydrogen (secondary N) is 2. The van der Waals surface area contributed by atoms with Gasteiger partial charge >= 0.3 is 6.18 Å². The second-order valence-electron chi connectivity index (χ2n) is 6.29. The van der Waals surface area contributed by atoms with Crippen molar-refractivity contribution < 1.29 is 31.1 Å². The van der Waals surface area contributed by atoms with Crippen LogP contribution in [0.4, 0.5) is 18.9 Å². The fourth-order valence-corrected chi connectivity index (χ4v) is 3.80. The number of methoxy groups -OCH3 is 1. The van der Waals surface area contributed by atoms with Crippen LogP contribution in [0.25, 0.3) is 0 Å². The van der Waals surface area contributed by atoms with E-state index in [4.69, 9.17) is 4.74 Å². The lowest BCUT2D eigenvalue weighted by atomic mass is 10.1. The third-order valence-corrected chi connectivity index (χ3v) is 5.60. The molecule has 0 aliphatic heterocycles. The van der Waals surface area contributed by atoms with Gasteiger partial charge in [0.15, 0.2) is 0 Å². The van der Waals surface area contributed by atoms with Gasteiger partial charge in [-0.1, -0.05) is 6.07 Å². The highest BCUT2D eigenvalue weighted by molar-refractivity contribution is 7.89. The number of halogens is 3. The quantitative estimate of drug-likeness (QED) is 0.759. The van der Waals surface area contributed by atoms with Crippen molar-refractivity contribution in [2.45, 2.75) is 30.0 Å². The summed E-state index contributed by atoms with van der Waals surface area (Å²) in [7, 11) is -2.45. The molecule has 2 aromatic carbocycles. The minimum atomic E-state index is -4.59. The second kappa shape index (κ2) is 7.44. The maximum absolute atomic E-state index is 12.8. The van der Waals surface area contributed by atoms with Crippen LogP contribution in [0.2, 0.25) is 0 Å². The zero-order chi connectivity index (χ0) is 20.5. The van der Waals surface area contributed by atoms with Crippen LogP contribution >= 0.6 is 0 Å².